The first-order valence-electron chi connectivity index (χ1n) is 6.55. The van der Waals surface area contributed by atoms with Crippen LogP contribution in [-0.4, -0.2) is 16.1 Å². The first-order chi connectivity index (χ1) is 10.5. The number of aryl methyl sites for hydroxylation is 1. The van der Waals surface area contributed by atoms with Gasteiger partial charge in [-0.05, 0) is 54.4 Å². The molecule has 0 bridgehead atoms. The third kappa shape index (κ3) is 2.42. The van der Waals surface area contributed by atoms with Crippen LogP contribution in [0, 0.1) is 12.7 Å². The van der Waals surface area contributed by atoms with Gasteiger partial charge in [0.2, 0.25) is 0 Å². The Kier molecular flexibility index (Phi) is 3.54. The molecule has 5 heteroatoms. The maximum Gasteiger partial charge on any atom is 0.335 e. The summed E-state index contributed by atoms with van der Waals surface area (Å²) in [6.07, 6.45) is 1.69. The Hall–Kier alpha value is -2.46. The van der Waals surface area contributed by atoms with Gasteiger partial charge in [-0.25, -0.2) is 9.18 Å². The fourth-order valence-corrected chi connectivity index (χ4v) is 2.74. The lowest BCUT2D eigenvalue weighted by molar-refractivity contribution is 0.0697. The van der Waals surface area contributed by atoms with Crippen molar-refractivity contribution in [2.75, 3.05) is 0 Å². The lowest BCUT2D eigenvalue weighted by Gasteiger charge is -2.12. The molecule has 0 atom stereocenters. The number of halogens is 2. The van der Waals surface area contributed by atoms with Crippen LogP contribution < -0.4 is 0 Å². The minimum Gasteiger partial charge on any atom is -0.478 e. The standard InChI is InChI=1S/C17H11ClFNO2/c1-9-8-20-15-5-2-10(17(21)22)6-13(15)16(9)12-4-3-11(19)7-14(12)18/h2-8H,1H3,(H,21,22). The van der Waals surface area contributed by atoms with Crippen molar-refractivity contribution in [3.63, 3.8) is 0 Å². The zero-order chi connectivity index (χ0) is 15.9. The van der Waals surface area contributed by atoms with Gasteiger partial charge in [-0.2, -0.15) is 0 Å². The summed E-state index contributed by atoms with van der Waals surface area (Å²) >= 11 is 6.16. The number of aromatic carboxylic acids is 1. The van der Waals surface area contributed by atoms with Crippen LogP contribution in [0.2, 0.25) is 5.02 Å². The largest absolute Gasteiger partial charge is 0.478 e. The Morgan fingerprint density at radius 2 is 2.00 bits per heavy atom. The summed E-state index contributed by atoms with van der Waals surface area (Å²) in [6, 6.07) is 8.87. The number of hydrogen-bond acceptors (Lipinski definition) is 2. The summed E-state index contributed by atoms with van der Waals surface area (Å²) in [7, 11) is 0. The smallest absolute Gasteiger partial charge is 0.335 e. The summed E-state index contributed by atoms with van der Waals surface area (Å²) in [5.74, 6) is -1.43. The van der Waals surface area contributed by atoms with E-state index in [1.807, 2.05) is 6.92 Å². The Morgan fingerprint density at radius 1 is 1.23 bits per heavy atom. The number of carboxylic acids is 1. The topological polar surface area (TPSA) is 50.2 Å². The lowest BCUT2D eigenvalue weighted by atomic mass is 9.96. The van der Waals surface area contributed by atoms with Gasteiger partial charge < -0.3 is 5.11 Å². The molecular formula is C17H11ClFNO2. The van der Waals surface area contributed by atoms with Gasteiger partial charge in [-0.15, -0.1) is 0 Å². The van der Waals surface area contributed by atoms with Gasteiger partial charge in [0.1, 0.15) is 5.82 Å². The van der Waals surface area contributed by atoms with Gasteiger partial charge in [-0.3, -0.25) is 4.98 Å². The number of carboxylic acid groups (broad SMARTS) is 1. The number of pyridine rings is 1. The van der Waals surface area contributed by atoms with Gasteiger partial charge in [0.05, 0.1) is 16.1 Å². The van der Waals surface area contributed by atoms with E-state index in [2.05, 4.69) is 4.98 Å². The average Bonchev–Trinajstić information content (AvgIpc) is 2.47. The maximum atomic E-state index is 13.3. The molecule has 3 aromatic rings. The minimum atomic E-state index is -1.01. The first-order valence-corrected chi connectivity index (χ1v) is 6.93. The van der Waals surface area contributed by atoms with E-state index < -0.39 is 11.8 Å². The molecule has 0 unspecified atom stereocenters. The van der Waals surface area contributed by atoms with Crippen LogP contribution in [0.5, 0.6) is 0 Å². The third-order valence-electron chi connectivity index (χ3n) is 3.50. The zero-order valence-corrected chi connectivity index (χ0v) is 12.4. The van der Waals surface area contributed by atoms with E-state index in [0.29, 0.717) is 16.5 Å². The number of benzene rings is 2. The average molecular weight is 316 g/mol. The van der Waals surface area contributed by atoms with E-state index in [-0.39, 0.29) is 10.6 Å². The second kappa shape index (κ2) is 5.39. The lowest BCUT2D eigenvalue weighted by Crippen LogP contribution is -1.97. The zero-order valence-electron chi connectivity index (χ0n) is 11.6. The molecule has 0 aliphatic heterocycles. The fraction of sp³-hybridized carbons (Fsp3) is 0.0588. The van der Waals surface area contributed by atoms with Gasteiger partial charge in [-0.1, -0.05) is 11.6 Å². The van der Waals surface area contributed by atoms with Crippen LogP contribution in [0.3, 0.4) is 0 Å². The second-order valence-corrected chi connectivity index (χ2v) is 5.38. The molecule has 22 heavy (non-hydrogen) atoms. The molecule has 3 nitrogen and oxygen atoms in total. The Balaban J connectivity index is 2.38. The van der Waals surface area contributed by atoms with Gasteiger partial charge >= 0.3 is 5.97 Å². The van der Waals surface area contributed by atoms with Crippen LogP contribution >= 0.6 is 11.6 Å². The molecule has 0 saturated carbocycles. The Bertz CT molecular complexity index is 909. The molecule has 3 rings (SSSR count). The molecule has 0 radical (unpaired) electrons. The van der Waals surface area contributed by atoms with Gasteiger partial charge in [0.25, 0.3) is 0 Å². The third-order valence-corrected chi connectivity index (χ3v) is 3.82. The molecule has 0 spiro atoms. The highest BCUT2D eigenvalue weighted by Gasteiger charge is 2.14. The molecule has 1 aromatic heterocycles. The van der Waals surface area contributed by atoms with Crippen molar-refractivity contribution in [3.8, 4) is 11.1 Å². The molecule has 0 aliphatic carbocycles. The second-order valence-electron chi connectivity index (χ2n) is 4.98. The summed E-state index contributed by atoms with van der Waals surface area (Å²) in [5, 5.41) is 10.1. The van der Waals surface area contributed by atoms with Gasteiger partial charge in [0, 0.05) is 17.1 Å². The Morgan fingerprint density at radius 3 is 2.68 bits per heavy atom. The highest BCUT2D eigenvalue weighted by molar-refractivity contribution is 6.33. The fourth-order valence-electron chi connectivity index (χ4n) is 2.47. The molecule has 2 aromatic carbocycles. The molecule has 0 aliphatic rings. The van der Waals surface area contributed by atoms with Crippen molar-refractivity contribution in [2.45, 2.75) is 6.92 Å². The van der Waals surface area contributed by atoms with E-state index in [9.17, 15) is 9.18 Å². The quantitative estimate of drug-likeness (QED) is 0.745. The predicted octanol–water partition coefficient (Wildman–Crippen LogP) is 4.70. The van der Waals surface area contributed by atoms with E-state index in [1.54, 1.807) is 24.4 Å². The van der Waals surface area contributed by atoms with Gasteiger partial charge in [0.15, 0.2) is 0 Å². The van der Waals surface area contributed by atoms with Crippen LogP contribution in [0.1, 0.15) is 15.9 Å². The molecule has 0 fully saturated rings. The van der Waals surface area contributed by atoms with E-state index in [1.165, 1.54) is 18.2 Å². The van der Waals surface area contributed by atoms with Crippen LogP contribution in [-0.2, 0) is 0 Å². The monoisotopic (exact) mass is 315 g/mol. The number of nitrogens with zero attached hydrogens (tertiary/aromatic N) is 1. The molecule has 1 N–H and O–H groups in total. The van der Waals surface area contributed by atoms with E-state index in [0.717, 1.165) is 11.1 Å². The molecular weight excluding hydrogens is 305 g/mol. The summed E-state index contributed by atoms with van der Waals surface area (Å²) < 4.78 is 13.3. The highest BCUT2D eigenvalue weighted by Crippen LogP contribution is 2.36. The number of carbonyl (C=O) groups is 1. The minimum absolute atomic E-state index is 0.166. The SMILES string of the molecule is Cc1cnc2ccc(C(=O)O)cc2c1-c1ccc(F)cc1Cl. The predicted molar refractivity (Wildman–Crippen MR) is 83.8 cm³/mol. The normalized spacial score (nSPS) is 10.9. The van der Waals surface area contributed by atoms with Crippen molar-refractivity contribution in [1.82, 2.24) is 4.98 Å². The molecule has 110 valence electrons. The number of rotatable bonds is 2. The molecule has 0 saturated heterocycles. The number of aromatic nitrogens is 1. The molecule has 0 amide bonds. The van der Waals surface area contributed by atoms with Crippen molar-refractivity contribution in [2.24, 2.45) is 0 Å². The van der Waals surface area contributed by atoms with Crippen molar-refractivity contribution in [3.05, 3.63) is 64.6 Å². The molecule has 1 heterocycles. The van der Waals surface area contributed by atoms with Crippen molar-refractivity contribution >= 4 is 28.5 Å². The Labute approximate surface area is 131 Å². The number of hydrogen-bond donors (Lipinski definition) is 1. The highest BCUT2D eigenvalue weighted by atomic mass is 35.5. The summed E-state index contributed by atoms with van der Waals surface area (Å²) in [5.41, 5.74) is 3.07. The van der Waals surface area contributed by atoms with Crippen LogP contribution in [0.25, 0.3) is 22.0 Å². The maximum absolute atomic E-state index is 13.3. The van der Waals surface area contributed by atoms with E-state index >= 15 is 0 Å². The first kappa shape index (κ1) is 14.5. The van der Waals surface area contributed by atoms with Crippen molar-refractivity contribution in [1.29, 1.82) is 0 Å². The summed E-state index contributed by atoms with van der Waals surface area (Å²) in [6.45, 7) is 1.86. The van der Waals surface area contributed by atoms with Crippen molar-refractivity contribution < 1.29 is 14.3 Å². The van der Waals surface area contributed by atoms with Crippen LogP contribution in [0.4, 0.5) is 4.39 Å². The summed E-state index contributed by atoms with van der Waals surface area (Å²) in [4.78, 5) is 15.5. The number of fused-ring (bicyclic) bond motifs is 1. The van der Waals surface area contributed by atoms with E-state index in [4.69, 9.17) is 16.7 Å². The van der Waals surface area contributed by atoms with Crippen LogP contribution in [0.15, 0.2) is 42.6 Å².